The van der Waals surface area contributed by atoms with E-state index in [2.05, 4.69) is 22.1 Å². The molecule has 3 heteroatoms. The van der Waals surface area contributed by atoms with Gasteiger partial charge in [0.25, 0.3) is 0 Å². The van der Waals surface area contributed by atoms with Crippen LogP contribution in [0.3, 0.4) is 0 Å². The number of piperidine rings is 3. The van der Waals surface area contributed by atoms with Crippen molar-refractivity contribution in [2.45, 2.75) is 50.6 Å². The molecule has 3 saturated heterocycles. The van der Waals surface area contributed by atoms with Gasteiger partial charge >= 0.3 is 0 Å². The summed E-state index contributed by atoms with van der Waals surface area (Å²) in [6, 6.07) is 1.29. The number of hydrogen-bond donors (Lipinski definition) is 0. The van der Waals surface area contributed by atoms with Crippen molar-refractivity contribution in [1.29, 1.82) is 0 Å². The molecule has 98 valence electrons. The van der Waals surface area contributed by atoms with Gasteiger partial charge in [0.2, 0.25) is 5.91 Å². The summed E-state index contributed by atoms with van der Waals surface area (Å²) >= 11 is 0. The third-order valence-corrected chi connectivity index (χ3v) is 5.53. The van der Waals surface area contributed by atoms with Gasteiger partial charge in [-0.25, -0.2) is 0 Å². The Morgan fingerprint density at radius 2 is 2.17 bits per heavy atom. The van der Waals surface area contributed by atoms with Crippen molar-refractivity contribution in [3.63, 3.8) is 0 Å². The van der Waals surface area contributed by atoms with Crippen LogP contribution in [0.2, 0.25) is 0 Å². The van der Waals surface area contributed by atoms with Crippen LogP contribution < -0.4 is 0 Å². The molecule has 0 bridgehead atoms. The lowest BCUT2D eigenvalue weighted by Gasteiger charge is -2.57. The number of hydrogen-bond acceptors (Lipinski definition) is 2. The molecule has 0 radical (unpaired) electrons. The first kappa shape index (κ1) is 10.9. The molecule has 4 aliphatic rings. The summed E-state index contributed by atoms with van der Waals surface area (Å²) in [6.07, 6.45) is 11.6. The van der Waals surface area contributed by atoms with E-state index in [1.54, 1.807) is 0 Å². The highest BCUT2D eigenvalue weighted by Gasteiger charge is 2.49. The van der Waals surface area contributed by atoms with E-state index in [-0.39, 0.29) is 0 Å². The molecule has 0 aliphatic carbocycles. The maximum atomic E-state index is 12.2. The Balaban J connectivity index is 1.69. The zero-order valence-corrected chi connectivity index (χ0v) is 10.9. The Kier molecular flexibility index (Phi) is 2.42. The number of fused-ring (bicyclic) bond motifs is 2. The molecule has 1 amide bonds. The number of nitrogens with zero attached hydrogens (tertiary/aromatic N) is 2. The van der Waals surface area contributed by atoms with Crippen molar-refractivity contribution in [3.8, 4) is 0 Å². The van der Waals surface area contributed by atoms with E-state index >= 15 is 0 Å². The quantitative estimate of drug-likeness (QED) is 0.652. The van der Waals surface area contributed by atoms with Crippen molar-refractivity contribution >= 4 is 5.91 Å². The van der Waals surface area contributed by atoms with E-state index in [9.17, 15) is 4.79 Å². The van der Waals surface area contributed by atoms with E-state index in [0.29, 0.717) is 17.9 Å². The molecular weight excluding hydrogens is 224 g/mol. The van der Waals surface area contributed by atoms with Crippen LogP contribution in [0.15, 0.2) is 12.3 Å². The maximum Gasteiger partial charge on any atom is 0.222 e. The Bertz CT molecular complexity index is 392. The van der Waals surface area contributed by atoms with Crippen molar-refractivity contribution in [2.24, 2.45) is 11.8 Å². The smallest absolute Gasteiger partial charge is 0.222 e. The van der Waals surface area contributed by atoms with Gasteiger partial charge in [-0.1, -0.05) is 6.08 Å². The molecule has 3 fully saturated rings. The van der Waals surface area contributed by atoms with Gasteiger partial charge in [-0.2, -0.15) is 0 Å². The van der Waals surface area contributed by atoms with E-state index in [4.69, 9.17) is 0 Å². The summed E-state index contributed by atoms with van der Waals surface area (Å²) in [5.74, 6) is 1.86. The lowest BCUT2D eigenvalue weighted by molar-refractivity contribution is -0.147. The fourth-order valence-corrected chi connectivity index (χ4v) is 4.86. The zero-order chi connectivity index (χ0) is 12.1. The monoisotopic (exact) mass is 246 g/mol. The first-order chi connectivity index (χ1) is 8.84. The van der Waals surface area contributed by atoms with Crippen LogP contribution in [-0.2, 0) is 4.79 Å². The summed E-state index contributed by atoms with van der Waals surface area (Å²) in [6.45, 7) is 2.25. The number of carbonyl (C=O) groups excluding carboxylic acids is 1. The van der Waals surface area contributed by atoms with E-state index < -0.39 is 0 Å². The van der Waals surface area contributed by atoms with Crippen molar-refractivity contribution < 1.29 is 4.79 Å². The largest absolute Gasteiger partial charge is 0.374 e. The molecule has 0 aromatic carbocycles. The molecule has 4 aliphatic heterocycles. The number of carbonyl (C=O) groups is 1. The van der Waals surface area contributed by atoms with Crippen LogP contribution >= 0.6 is 0 Å². The van der Waals surface area contributed by atoms with Gasteiger partial charge < -0.3 is 9.80 Å². The van der Waals surface area contributed by atoms with Crippen LogP contribution in [0.1, 0.15) is 38.5 Å². The second-order valence-electron chi connectivity index (χ2n) is 6.42. The second kappa shape index (κ2) is 4.01. The van der Waals surface area contributed by atoms with Crippen LogP contribution in [0.5, 0.6) is 0 Å². The minimum Gasteiger partial charge on any atom is -0.374 e. The van der Waals surface area contributed by atoms with Crippen LogP contribution in [0.4, 0.5) is 0 Å². The molecule has 4 heterocycles. The summed E-state index contributed by atoms with van der Waals surface area (Å²) in [5, 5.41) is 0. The Hall–Kier alpha value is -0.990. The fourth-order valence-electron chi connectivity index (χ4n) is 4.86. The van der Waals surface area contributed by atoms with E-state index in [0.717, 1.165) is 31.3 Å². The van der Waals surface area contributed by atoms with E-state index in [1.807, 2.05) is 0 Å². The fraction of sp³-hybridized carbons (Fsp3) is 0.800. The van der Waals surface area contributed by atoms with Crippen molar-refractivity contribution in [2.75, 3.05) is 13.1 Å². The minimum absolute atomic E-state index is 0.427. The van der Waals surface area contributed by atoms with E-state index in [1.165, 1.54) is 32.2 Å². The van der Waals surface area contributed by atoms with Gasteiger partial charge in [0, 0.05) is 43.4 Å². The molecule has 4 atom stereocenters. The zero-order valence-electron chi connectivity index (χ0n) is 10.9. The summed E-state index contributed by atoms with van der Waals surface area (Å²) < 4.78 is 0. The molecule has 0 aromatic rings. The molecule has 0 spiro atoms. The van der Waals surface area contributed by atoms with Gasteiger partial charge in [-0.05, 0) is 38.3 Å². The van der Waals surface area contributed by atoms with Crippen molar-refractivity contribution in [3.05, 3.63) is 12.3 Å². The maximum absolute atomic E-state index is 12.2. The van der Waals surface area contributed by atoms with Gasteiger partial charge in [0.05, 0.1) is 0 Å². The predicted octanol–water partition coefficient (Wildman–Crippen LogP) is 2.00. The third-order valence-electron chi connectivity index (χ3n) is 5.53. The predicted molar refractivity (Wildman–Crippen MR) is 69.8 cm³/mol. The van der Waals surface area contributed by atoms with Crippen LogP contribution in [0, 0.1) is 11.8 Å². The lowest BCUT2D eigenvalue weighted by atomic mass is 9.69. The van der Waals surface area contributed by atoms with Crippen molar-refractivity contribution in [1.82, 2.24) is 9.80 Å². The minimum atomic E-state index is 0.427. The normalized spacial score (nSPS) is 42.6. The average Bonchev–Trinajstić information content (AvgIpc) is 2.41. The van der Waals surface area contributed by atoms with Gasteiger partial charge in [-0.3, -0.25) is 4.79 Å². The first-order valence-electron chi connectivity index (χ1n) is 7.56. The average molecular weight is 246 g/mol. The highest BCUT2D eigenvalue weighted by Crippen LogP contribution is 2.44. The molecule has 4 rings (SSSR count). The third kappa shape index (κ3) is 1.45. The highest BCUT2D eigenvalue weighted by atomic mass is 16.2. The summed E-state index contributed by atoms with van der Waals surface area (Å²) in [5.41, 5.74) is 0. The molecule has 3 nitrogen and oxygen atoms in total. The number of rotatable bonds is 0. The highest BCUT2D eigenvalue weighted by molar-refractivity contribution is 5.77. The molecular formula is C15H22N2O. The molecule has 0 aromatic heterocycles. The number of allylic oxidation sites excluding steroid dienone is 1. The SMILES string of the molecule is O=C1CCC[C@@H]2[C@H]3CCCN4C=CC[C@@H](CN12)[C@@H]34. The van der Waals surface area contributed by atoms with Gasteiger partial charge in [-0.15, -0.1) is 0 Å². The van der Waals surface area contributed by atoms with Gasteiger partial charge in [0.15, 0.2) is 0 Å². The Morgan fingerprint density at radius 1 is 1.22 bits per heavy atom. The first-order valence-corrected chi connectivity index (χ1v) is 7.56. The topological polar surface area (TPSA) is 23.6 Å². The molecule has 0 unspecified atom stereocenters. The van der Waals surface area contributed by atoms with Gasteiger partial charge in [0.1, 0.15) is 0 Å². The standard InChI is InChI=1S/C15H22N2O/c18-14-7-1-6-13-12-5-3-9-16-8-2-4-11(15(12)16)10-17(13)14/h2,8,11-13,15H,1,3-7,9-10H2/t11-,12+,13+,15-/m0/s1. The Morgan fingerprint density at radius 3 is 3.11 bits per heavy atom. The summed E-state index contributed by atoms with van der Waals surface area (Å²) in [4.78, 5) is 17.0. The lowest BCUT2D eigenvalue weighted by Crippen LogP contribution is -2.64. The second-order valence-corrected chi connectivity index (χ2v) is 6.42. The Labute approximate surface area is 109 Å². The summed E-state index contributed by atoms with van der Waals surface area (Å²) in [7, 11) is 0. The number of amides is 1. The molecule has 18 heavy (non-hydrogen) atoms. The molecule has 0 saturated carbocycles. The van der Waals surface area contributed by atoms with Crippen LogP contribution in [0.25, 0.3) is 0 Å². The van der Waals surface area contributed by atoms with Crippen LogP contribution in [-0.4, -0.2) is 40.9 Å². The molecule has 0 N–H and O–H groups in total.